The van der Waals surface area contributed by atoms with Gasteiger partial charge in [0.05, 0.1) is 0 Å². The summed E-state index contributed by atoms with van der Waals surface area (Å²) < 4.78 is 0. The lowest BCUT2D eigenvalue weighted by Crippen LogP contribution is -2.24. The molecule has 17 heavy (non-hydrogen) atoms. The van der Waals surface area contributed by atoms with E-state index in [1.807, 2.05) is 24.2 Å². The first-order valence-corrected chi connectivity index (χ1v) is 7.45. The fourth-order valence-corrected chi connectivity index (χ4v) is 2.66. The summed E-state index contributed by atoms with van der Waals surface area (Å²) in [5, 5.41) is 3.56. The Kier molecular flexibility index (Phi) is 7.21. The first kappa shape index (κ1) is 14.5. The minimum Gasteiger partial charge on any atom is -0.309 e. The second-order valence-corrected chi connectivity index (χ2v) is 5.68. The Balaban J connectivity index is 2.48. The summed E-state index contributed by atoms with van der Waals surface area (Å²) in [6, 6.07) is 0.375. The van der Waals surface area contributed by atoms with E-state index in [1.54, 1.807) is 6.33 Å². The fourth-order valence-electron chi connectivity index (χ4n) is 1.50. The first-order valence-electron chi connectivity index (χ1n) is 6.30. The van der Waals surface area contributed by atoms with Gasteiger partial charge in [-0.3, -0.25) is 0 Å². The zero-order chi connectivity index (χ0) is 12.5. The molecular formula is C13H23N3S. The van der Waals surface area contributed by atoms with Crippen LogP contribution in [0.4, 0.5) is 0 Å². The van der Waals surface area contributed by atoms with Gasteiger partial charge in [-0.05, 0) is 24.6 Å². The van der Waals surface area contributed by atoms with Crippen molar-refractivity contribution in [2.24, 2.45) is 5.92 Å². The number of thioether (sulfide) groups is 1. The molecule has 96 valence electrons. The van der Waals surface area contributed by atoms with Gasteiger partial charge in [-0.15, -0.1) is 0 Å². The second-order valence-electron chi connectivity index (χ2n) is 4.61. The third kappa shape index (κ3) is 6.03. The molecule has 1 rings (SSSR count). The third-order valence-corrected chi connectivity index (χ3v) is 3.83. The highest BCUT2D eigenvalue weighted by atomic mass is 32.2. The van der Waals surface area contributed by atoms with Crippen LogP contribution in [0.25, 0.3) is 0 Å². The predicted molar refractivity (Wildman–Crippen MR) is 75.2 cm³/mol. The van der Waals surface area contributed by atoms with Gasteiger partial charge in [0.2, 0.25) is 0 Å². The summed E-state index contributed by atoms with van der Waals surface area (Å²) in [5.74, 6) is 3.04. The van der Waals surface area contributed by atoms with E-state index < -0.39 is 0 Å². The SMILES string of the molecule is CCCNC(CSCC(C)C)c1cncnc1. The Bertz CT molecular complexity index is 290. The standard InChI is InChI=1S/C13H23N3S/c1-4-5-16-13(9-17-8-11(2)3)12-6-14-10-15-7-12/h6-7,10-11,13,16H,4-5,8-9H2,1-3H3. The molecule has 1 atom stereocenters. The van der Waals surface area contributed by atoms with E-state index in [0.717, 1.165) is 24.6 Å². The van der Waals surface area contributed by atoms with E-state index in [4.69, 9.17) is 0 Å². The van der Waals surface area contributed by atoms with E-state index in [1.165, 1.54) is 11.3 Å². The van der Waals surface area contributed by atoms with Crippen molar-refractivity contribution >= 4 is 11.8 Å². The molecular weight excluding hydrogens is 230 g/mol. The highest BCUT2D eigenvalue weighted by Crippen LogP contribution is 2.18. The van der Waals surface area contributed by atoms with Gasteiger partial charge in [0.15, 0.2) is 0 Å². The predicted octanol–water partition coefficient (Wildman–Crippen LogP) is 2.91. The average Bonchev–Trinajstić information content (AvgIpc) is 2.34. The van der Waals surface area contributed by atoms with Crippen molar-refractivity contribution in [1.82, 2.24) is 15.3 Å². The summed E-state index contributed by atoms with van der Waals surface area (Å²) >= 11 is 2.00. The van der Waals surface area contributed by atoms with Gasteiger partial charge in [0, 0.05) is 29.8 Å². The highest BCUT2D eigenvalue weighted by Gasteiger charge is 2.11. The normalized spacial score (nSPS) is 12.9. The topological polar surface area (TPSA) is 37.8 Å². The van der Waals surface area contributed by atoms with Gasteiger partial charge < -0.3 is 5.32 Å². The molecule has 0 aromatic carbocycles. The van der Waals surface area contributed by atoms with Crippen LogP contribution in [-0.4, -0.2) is 28.0 Å². The van der Waals surface area contributed by atoms with Gasteiger partial charge in [0.25, 0.3) is 0 Å². The van der Waals surface area contributed by atoms with Gasteiger partial charge in [-0.25, -0.2) is 9.97 Å². The van der Waals surface area contributed by atoms with Crippen molar-refractivity contribution in [2.45, 2.75) is 33.2 Å². The molecule has 1 unspecified atom stereocenters. The monoisotopic (exact) mass is 253 g/mol. The van der Waals surface area contributed by atoms with Crippen LogP contribution in [-0.2, 0) is 0 Å². The lowest BCUT2D eigenvalue weighted by atomic mass is 10.2. The zero-order valence-corrected chi connectivity index (χ0v) is 11.8. The summed E-state index contributed by atoms with van der Waals surface area (Å²) in [6.07, 6.45) is 6.56. The smallest absolute Gasteiger partial charge is 0.115 e. The maximum atomic E-state index is 4.10. The molecule has 0 saturated carbocycles. The molecule has 0 radical (unpaired) electrons. The Hall–Kier alpha value is -0.610. The molecule has 0 fully saturated rings. The number of rotatable bonds is 8. The molecule has 0 aliphatic rings. The van der Waals surface area contributed by atoms with Gasteiger partial charge in [-0.2, -0.15) is 11.8 Å². The van der Waals surface area contributed by atoms with E-state index in [9.17, 15) is 0 Å². The van der Waals surface area contributed by atoms with Crippen molar-refractivity contribution in [3.05, 3.63) is 24.3 Å². The molecule has 3 nitrogen and oxygen atoms in total. The van der Waals surface area contributed by atoms with Crippen molar-refractivity contribution in [2.75, 3.05) is 18.1 Å². The molecule has 0 aliphatic carbocycles. The third-order valence-electron chi connectivity index (χ3n) is 2.36. The van der Waals surface area contributed by atoms with Crippen molar-refractivity contribution in [3.8, 4) is 0 Å². The Morgan fingerprint density at radius 1 is 1.24 bits per heavy atom. The van der Waals surface area contributed by atoms with E-state index in [0.29, 0.717) is 6.04 Å². The van der Waals surface area contributed by atoms with Crippen LogP contribution in [0.15, 0.2) is 18.7 Å². The number of nitrogens with zero attached hydrogens (tertiary/aromatic N) is 2. The van der Waals surface area contributed by atoms with Crippen LogP contribution in [0.2, 0.25) is 0 Å². The van der Waals surface area contributed by atoms with Gasteiger partial charge in [-0.1, -0.05) is 20.8 Å². The summed E-state index contributed by atoms with van der Waals surface area (Å²) in [6.45, 7) is 7.74. The molecule has 0 aliphatic heterocycles. The number of hydrogen-bond acceptors (Lipinski definition) is 4. The van der Waals surface area contributed by atoms with Crippen LogP contribution in [0.1, 0.15) is 38.8 Å². The Morgan fingerprint density at radius 3 is 2.53 bits per heavy atom. The van der Waals surface area contributed by atoms with Crippen LogP contribution in [0.3, 0.4) is 0 Å². The molecule has 0 saturated heterocycles. The van der Waals surface area contributed by atoms with Crippen LogP contribution in [0.5, 0.6) is 0 Å². The minimum atomic E-state index is 0.375. The van der Waals surface area contributed by atoms with E-state index in [-0.39, 0.29) is 0 Å². The lowest BCUT2D eigenvalue weighted by Gasteiger charge is -2.18. The Labute approximate surface area is 109 Å². The maximum absolute atomic E-state index is 4.10. The molecule has 1 N–H and O–H groups in total. The summed E-state index contributed by atoms with van der Waals surface area (Å²) in [7, 11) is 0. The largest absolute Gasteiger partial charge is 0.309 e. The summed E-state index contributed by atoms with van der Waals surface area (Å²) in [4.78, 5) is 8.19. The number of nitrogens with one attached hydrogen (secondary N) is 1. The minimum absolute atomic E-state index is 0.375. The maximum Gasteiger partial charge on any atom is 0.115 e. The van der Waals surface area contributed by atoms with E-state index >= 15 is 0 Å². The molecule has 1 aromatic heterocycles. The van der Waals surface area contributed by atoms with Crippen LogP contribution in [0, 0.1) is 5.92 Å². The van der Waals surface area contributed by atoms with Crippen LogP contribution >= 0.6 is 11.8 Å². The van der Waals surface area contributed by atoms with Crippen molar-refractivity contribution < 1.29 is 0 Å². The lowest BCUT2D eigenvalue weighted by molar-refractivity contribution is 0.573. The van der Waals surface area contributed by atoms with Crippen molar-refractivity contribution in [3.63, 3.8) is 0 Å². The molecule has 4 heteroatoms. The number of aromatic nitrogens is 2. The zero-order valence-electron chi connectivity index (χ0n) is 11.0. The second kappa shape index (κ2) is 8.48. The molecule has 1 aromatic rings. The molecule has 0 amide bonds. The van der Waals surface area contributed by atoms with Gasteiger partial charge in [0.1, 0.15) is 6.33 Å². The first-order chi connectivity index (χ1) is 8.24. The molecule has 0 bridgehead atoms. The quantitative estimate of drug-likeness (QED) is 0.773. The number of hydrogen-bond donors (Lipinski definition) is 1. The fraction of sp³-hybridized carbons (Fsp3) is 0.692. The molecule has 0 spiro atoms. The average molecular weight is 253 g/mol. The summed E-state index contributed by atoms with van der Waals surface area (Å²) in [5.41, 5.74) is 1.19. The van der Waals surface area contributed by atoms with Gasteiger partial charge >= 0.3 is 0 Å². The highest BCUT2D eigenvalue weighted by molar-refractivity contribution is 7.99. The molecule has 1 heterocycles. The van der Waals surface area contributed by atoms with E-state index in [2.05, 4.69) is 36.1 Å². The van der Waals surface area contributed by atoms with Crippen LogP contribution < -0.4 is 5.32 Å². The van der Waals surface area contributed by atoms with Crippen molar-refractivity contribution in [1.29, 1.82) is 0 Å². The Morgan fingerprint density at radius 2 is 1.94 bits per heavy atom.